The second kappa shape index (κ2) is 10.3. The topological polar surface area (TPSA) is 3.24 Å². The lowest BCUT2D eigenvalue weighted by molar-refractivity contribution is 0.380. The molecule has 1 unspecified atom stereocenters. The van der Waals surface area contributed by atoms with E-state index < -0.39 is 0 Å². The van der Waals surface area contributed by atoms with E-state index in [1.807, 2.05) is 19.1 Å². The van der Waals surface area contributed by atoms with Crippen molar-refractivity contribution in [3.05, 3.63) is 94.5 Å². The molecule has 0 amide bonds. The third-order valence-corrected chi connectivity index (χ3v) is 5.76. The maximum atomic E-state index is 6.39. The van der Waals surface area contributed by atoms with Crippen LogP contribution in [0.3, 0.4) is 0 Å². The van der Waals surface area contributed by atoms with E-state index in [4.69, 9.17) is 11.6 Å². The van der Waals surface area contributed by atoms with E-state index in [0.717, 1.165) is 46.7 Å². The minimum atomic E-state index is 0.231. The molecule has 0 heterocycles. The van der Waals surface area contributed by atoms with Crippen molar-refractivity contribution in [3.8, 4) is 0 Å². The van der Waals surface area contributed by atoms with Gasteiger partial charge in [-0.3, -0.25) is 0 Å². The first kappa shape index (κ1) is 22.0. The molecule has 0 aliphatic carbocycles. The van der Waals surface area contributed by atoms with Crippen LogP contribution < -0.4 is 0 Å². The molecule has 0 aliphatic rings. The summed E-state index contributed by atoms with van der Waals surface area (Å²) in [6, 6.07) is 14.9. The summed E-state index contributed by atoms with van der Waals surface area (Å²) < 4.78 is 0. The molecule has 0 radical (unpaired) electrons. The number of benzene rings is 2. The van der Waals surface area contributed by atoms with Crippen LogP contribution in [0.2, 0.25) is 5.02 Å². The Bertz CT molecular complexity index is 862. The number of nitrogens with zero attached hydrogens (tertiary/aromatic N) is 1. The van der Waals surface area contributed by atoms with E-state index in [-0.39, 0.29) is 6.04 Å². The van der Waals surface area contributed by atoms with Gasteiger partial charge in [-0.15, -0.1) is 0 Å². The summed E-state index contributed by atoms with van der Waals surface area (Å²) in [5.74, 6) is 0. The van der Waals surface area contributed by atoms with Crippen LogP contribution in [-0.2, 0) is 6.42 Å². The van der Waals surface area contributed by atoms with E-state index in [2.05, 4.69) is 81.4 Å². The van der Waals surface area contributed by atoms with Crippen LogP contribution in [0.5, 0.6) is 0 Å². The van der Waals surface area contributed by atoms with Crippen molar-refractivity contribution in [2.45, 2.75) is 46.1 Å². The molecule has 0 N–H and O–H groups in total. The van der Waals surface area contributed by atoms with Crippen molar-refractivity contribution >= 4 is 23.4 Å². The number of likely N-dealkylation sites (N-methyl/N-ethyl adjacent to an activating group) is 1. The predicted octanol–water partition coefficient (Wildman–Crippen LogP) is 7.55. The van der Waals surface area contributed by atoms with Crippen molar-refractivity contribution in [2.24, 2.45) is 0 Å². The number of hydrogen-bond acceptors (Lipinski definition) is 1. The lowest BCUT2D eigenvalue weighted by Gasteiger charge is -2.34. The highest BCUT2D eigenvalue weighted by Crippen LogP contribution is 2.29. The van der Waals surface area contributed by atoms with Crippen molar-refractivity contribution in [2.75, 3.05) is 7.05 Å². The Morgan fingerprint density at radius 1 is 1.18 bits per heavy atom. The molecule has 1 nitrogen and oxygen atoms in total. The molecule has 148 valence electrons. The SMILES string of the molecule is C=Cc1ccccc1C(=C)N(C)C(Cc1ccc(C)c(Cl)c1)/C(=C\CC)CC. The van der Waals surface area contributed by atoms with E-state index in [9.17, 15) is 0 Å². The minimum absolute atomic E-state index is 0.231. The van der Waals surface area contributed by atoms with Gasteiger partial charge in [0, 0.05) is 23.3 Å². The van der Waals surface area contributed by atoms with E-state index in [1.165, 1.54) is 11.1 Å². The first-order valence-corrected chi connectivity index (χ1v) is 10.4. The molecule has 0 saturated carbocycles. The number of aryl methyl sites for hydroxylation is 1. The van der Waals surface area contributed by atoms with Gasteiger partial charge in [0.05, 0.1) is 6.04 Å². The lowest BCUT2D eigenvalue weighted by atomic mass is 9.93. The van der Waals surface area contributed by atoms with Gasteiger partial charge in [-0.1, -0.05) is 92.7 Å². The smallest absolute Gasteiger partial charge is 0.0539 e. The van der Waals surface area contributed by atoms with Gasteiger partial charge in [0.2, 0.25) is 0 Å². The highest BCUT2D eigenvalue weighted by Gasteiger charge is 2.22. The van der Waals surface area contributed by atoms with Crippen LogP contribution >= 0.6 is 11.6 Å². The Kier molecular flexibility index (Phi) is 8.14. The molecule has 2 aromatic carbocycles. The van der Waals surface area contributed by atoms with Gasteiger partial charge in [0.1, 0.15) is 0 Å². The molecule has 0 bridgehead atoms. The van der Waals surface area contributed by atoms with Crippen molar-refractivity contribution in [1.29, 1.82) is 0 Å². The average molecular weight is 394 g/mol. The normalized spacial score (nSPS) is 12.5. The first-order valence-electron chi connectivity index (χ1n) is 10.00. The second-order valence-corrected chi connectivity index (χ2v) is 7.60. The Hall–Kier alpha value is -2.25. The largest absolute Gasteiger partial charge is 0.368 e. The van der Waals surface area contributed by atoms with Crippen molar-refractivity contribution in [1.82, 2.24) is 4.90 Å². The second-order valence-electron chi connectivity index (χ2n) is 7.19. The number of halogens is 1. The Balaban J connectivity index is 2.42. The zero-order valence-electron chi connectivity index (χ0n) is 17.6. The zero-order valence-corrected chi connectivity index (χ0v) is 18.4. The fourth-order valence-electron chi connectivity index (χ4n) is 3.60. The Labute approximate surface area is 176 Å². The molecule has 28 heavy (non-hydrogen) atoms. The maximum Gasteiger partial charge on any atom is 0.0539 e. The predicted molar refractivity (Wildman–Crippen MR) is 126 cm³/mol. The lowest BCUT2D eigenvalue weighted by Crippen LogP contribution is -2.34. The summed E-state index contributed by atoms with van der Waals surface area (Å²) in [5.41, 5.74) is 7.02. The molecule has 1 atom stereocenters. The van der Waals surface area contributed by atoms with Crippen LogP contribution in [-0.4, -0.2) is 18.0 Å². The van der Waals surface area contributed by atoms with Gasteiger partial charge < -0.3 is 4.90 Å². The first-order chi connectivity index (χ1) is 13.4. The molecule has 2 rings (SSSR count). The van der Waals surface area contributed by atoms with Crippen LogP contribution in [0.15, 0.2) is 67.3 Å². The Morgan fingerprint density at radius 2 is 1.89 bits per heavy atom. The average Bonchev–Trinajstić information content (AvgIpc) is 2.72. The summed E-state index contributed by atoms with van der Waals surface area (Å²) in [5, 5.41) is 0.826. The highest BCUT2D eigenvalue weighted by atomic mass is 35.5. The third kappa shape index (κ3) is 5.17. The third-order valence-electron chi connectivity index (χ3n) is 5.35. The van der Waals surface area contributed by atoms with Crippen molar-refractivity contribution < 1.29 is 0 Å². The van der Waals surface area contributed by atoms with E-state index in [0.29, 0.717) is 0 Å². The van der Waals surface area contributed by atoms with Crippen LogP contribution in [0.4, 0.5) is 0 Å². The fourth-order valence-corrected chi connectivity index (χ4v) is 3.80. The summed E-state index contributed by atoms with van der Waals surface area (Å²) in [6.07, 6.45) is 7.18. The standard InChI is InChI=1S/C26H32ClN/c1-7-12-23(9-3)26(18-21-16-15-19(4)25(27)17-21)28(6)20(5)24-14-11-10-13-22(24)8-2/h8,10-17,26H,2,5,7,9,18H2,1,3-4,6H3/b23-12-. The van der Waals surface area contributed by atoms with Gasteiger partial charge in [-0.05, 0) is 48.9 Å². The molecule has 0 aromatic heterocycles. The highest BCUT2D eigenvalue weighted by molar-refractivity contribution is 6.31. The zero-order chi connectivity index (χ0) is 20.7. The van der Waals surface area contributed by atoms with Crippen LogP contribution in [0.1, 0.15) is 48.9 Å². The van der Waals surface area contributed by atoms with Gasteiger partial charge >= 0.3 is 0 Å². The molecule has 0 aliphatic heterocycles. The van der Waals surface area contributed by atoms with Crippen molar-refractivity contribution in [3.63, 3.8) is 0 Å². The molecule has 0 spiro atoms. The van der Waals surface area contributed by atoms with Gasteiger partial charge in [-0.2, -0.15) is 0 Å². The fraction of sp³-hybridized carbons (Fsp3) is 0.308. The Morgan fingerprint density at radius 3 is 2.50 bits per heavy atom. The number of rotatable bonds is 9. The molecule has 0 saturated heterocycles. The van der Waals surface area contributed by atoms with Gasteiger partial charge in [0.25, 0.3) is 0 Å². The summed E-state index contributed by atoms with van der Waals surface area (Å²) >= 11 is 6.39. The summed E-state index contributed by atoms with van der Waals surface area (Å²) in [4.78, 5) is 2.31. The van der Waals surface area contributed by atoms with E-state index >= 15 is 0 Å². The van der Waals surface area contributed by atoms with Gasteiger partial charge in [-0.25, -0.2) is 0 Å². The van der Waals surface area contributed by atoms with Crippen LogP contribution in [0.25, 0.3) is 11.8 Å². The number of hydrogen-bond donors (Lipinski definition) is 0. The quantitative estimate of drug-likeness (QED) is 0.397. The molecule has 0 fully saturated rings. The molecule has 2 aromatic rings. The summed E-state index contributed by atoms with van der Waals surface area (Å²) in [6.45, 7) is 14.8. The minimum Gasteiger partial charge on any atom is -0.368 e. The monoisotopic (exact) mass is 393 g/mol. The molecular formula is C26H32ClN. The summed E-state index contributed by atoms with van der Waals surface area (Å²) in [7, 11) is 2.14. The van der Waals surface area contributed by atoms with Gasteiger partial charge in [0.15, 0.2) is 0 Å². The van der Waals surface area contributed by atoms with E-state index in [1.54, 1.807) is 0 Å². The number of allylic oxidation sites excluding steroid dienone is 1. The van der Waals surface area contributed by atoms with Crippen LogP contribution in [0, 0.1) is 6.92 Å². The molecule has 2 heteroatoms. The maximum absolute atomic E-state index is 6.39. The molecular weight excluding hydrogens is 362 g/mol.